The van der Waals surface area contributed by atoms with Crippen molar-refractivity contribution in [1.82, 2.24) is 15.1 Å². The van der Waals surface area contributed by atoms with Crippen LogP contribution in [0.5, 0.6) is 0 Å². The highest BCUT2D eigenvalue weighted by Gasteiger charge is 2.36. The first-order chi connectivity index (χ1) is 10.6. The molecule has 22 heavy (non-hydrogen) atoms. The molecule has 7 nitrogen and oxygen atoms in total. The SMILES string of the molecule is O=C1CO[C@@H]2CCN(C(=O)CN3CCCCCC3=O)C[C@@H]2N1. The van der Waals surface area contributed by atoms with Crippen molar-refractivity contribution in [2.24, 2.45) is 0 Å². The molecule has 3 aliphatic rings. The van der Waals surface area contributed by atoms with Crippen molar-refractivity contribution in [2.75, 3.05) is 32.8 Å². The van der Waals surface area contributed by atoms with Crippen LogP contribution >= 0.6 is 0 Å². The minimum atomic E-state index is -0.127. The number of morpholine rings is 1. The Morgan fingerprint density at radius 3 is 2.95 bits per heavy atom. The molecule has 0 spiro atoms. The molecular weight excluding hydrogens is 286 g/mol. The molecule has 2 atom stereocenters. The average molecular weight is 309 g/mol. The van der Waals surface area contributed by atoms with E-state index >= 15 is 0 Å². The lowest BCUT2D eigenvalue weighted by Crippen LogP contribution is -2.61. The summed E-state index contributed by atoms with van der Waals surface area (Å²) >= 11 is 0. The number of likely N-dealkylation sites (tertiary alicyclic amines) is 2. The van der Waals surface area contributed by atoms with Crippen LogP contribution in [0.25, 0.3) is 0 Å². The summed E-state index contributed by atoms with van der Waals surface area (Å²) in [6, 6.07) is -0.126. The van der Waals surface area contributed by atoms with Crippen LogP contribution in [0.15, 0.2) is 0 Å². The van der Waals surface area contributed by atoms with Crippen molar-refractivity contribution in [3.63, 3.8) is 0 Å². The molecule has 3 rings (SSSR count). The predicted molar refractivity (Wildman–Crippen MR) is 77.9 cm³/mol. The normalized spacial score (nSPS) is 29.6. The fourth-order valence-corrected chi connectivity index (χ4v) is 3.40. The van der Waals surface area contributed by atoms with E-state index in [9.17, 15) is 14.4 Å². The molecule has 0 saturated carbocycles. The summed E-state index contributed by atoms with van der Waals surface area (Å²) in [7, 11) is 0. The third-order valence-corrected chi connectivity index (χ3v) is 4.67. The Bertz CT molecular complexity index is 468. The number of nitrogens with zero attached hydrogens (tertiary/aromatic N) is 2. The number of rotatable bonds is 2. The highest BCUT2D eigenvalue weighted by Crippen LogP contribution is 2.18. The molecule has 7 heteroatoms. The second-order valence-corrected chi connectivity index (χ2v) is 6.28. The molecular formula is C15H23N3O4. The number of carbonyl (C=O) groups excluding carboxylic acids is 3. The smallest absolute Gasteiger partial charge is 0.246 e. The van der Waals surface area contributed by atoms with Gasteiger partial charge in [-0.25, -0.2) is 0 Å². The molecule has 3 fully saturated rings. The zero-order valence-electron chi connectivity index (χ0n) is 12.8. The summed E-state index contributed by atoms with van der Waals surface area (Å²) in [6.07, 6.45) is 4.20. The second-order valence-electron chi connectivity index (χ2n) is 6.28. The van der Waals surface area contributed by atoms with E-state index in [4.69, 9.17) is 4.74 Å². The maximum absolute atomic E-state index is 12.5. The van der Waals surface area contributed by atoms with Gasteiger partial charge < -0.3 is 19.9 Å². The van der Waals surface area contributed by atoms with Crippen LogP contribution in [0.1, 0.15) is 32.1 Å². The van der Waals surface area contributed by atoms with Crippen LogP contribution in [0, 0.1) is 0 Å². The fraction of sp³-hybridized carbons (Fsp3) is 0.800. The maximum Gasteiger partial charge on any atom is 0.246 e. The van der Waals surface area contributed by atoms with Gasteiger partial charge in [0.15, 0.2) is 0 Å². The van der Waals surface area contributed by atoms with Crippen molar-refractivity contribution in [3.05, 3.63) is 0 Å². The average Bonchev–Trinajstić information content (AvgIpc) is 2.71. The van der Waals surface area contributed by atoms with Gasteiger partial charge in [-0.1, -0.05) is 6.42 Å². The first kappa shape index (κ1) is 15.3. The molecule has 0 aromatic carbocycles. The molecule has 0 unspecified atom stereocenters. The van der Waals surface area contributed by atoms with Crippen LogP contribution in [0.2, 0.25) is 0 Å². The largest absolute Gasteiger partial charge is 0.366 e. The summed E-state index contributed by atoms with van der Waals surface area (Å²) < 4.78 is 5.49. The van der Waals surface area contributed by atoms with Gasteiger partial charge in [0.1, 0.15) is 6.61 Å². The molecule has 3 amide bonds. The summed E-state index contributed by atoms with van der Waals surface area (Å²) in [5.41, 5.74) is 0. The number of fused-ring (bicyclic) bond motifs is 1. The van der Waals surface area contributed by atoms with Crippen LogP contribution in [0.4, 0.5) is 0 Å². The van der Waals surface area contributed by atoms with Crippen molar-refractivity contribution in [2.45, 2.75) is 44.2 Å². The van der Waals surface area contributed by atoms with Crippen molar-refractivity contribution in [1.29, 1.82) is 0 Å². The zero-order valence-corrected chi connectivity index (χ0v) is 12.8. The fourth-order valence-electron chi connectivity index (χ4n) is 3.40. The molecule has 0 aromatic heterocycles. The summed E-state index contributed by atoms with van der Waals surface area (Å²) in [5.74, 6) is -0.0817. The standard InChI is InChI=1S/C15H23N3O4/c19-13-10-22-12-5-7-18(8-11(12)16-13)15(21)9-17-6-3-1-2-4-14(17)20/h11-12H,1-10H2,(H,16,19)/t11-,12+/m0/s1. The minimum Gasteiger partial charge on any atom is -0.366 e. The summed E-state index contributed by atoms with van der Waals surface area (Å²) in [6.45, 7) is 2.03. The monoisotopic (exact) mass is 309 g/mol. The van der Waals surface area contributed by atoms with E-state index in [1.165, 1.54) is 0 Å². The number of nitrogens with one attached hydrogen (secondary N) is 1. The van der Waals surface area contributed by atoms with E-state index in [-0.39, 0.29) is 43.0 Å². The van der Waals surface area contributed by atoms with Gasteiger partial charge >= 0.3 is 0 Å². The number of carbonyl (C=O) groups is 3. The number of hydrogen-bond acceptors (Lipinski definition) is 4. The first-order valence-corrected chi connectivity index (χ1v) is 8.10. The van der Waals surface area contributed by atoms with E-state index in [2.05, 4.69) is 5.32 Å². The first-order valence-electron chi connectivity index (χ1n) is 8.10. The molecule has 0 aliphatic carbocycles. The topological polar surface area (TPSA) is 79.0 Å². The molecule has 3 heterocycles. The Morgan fingerprint density at radius 2 is 2.09 bits per heavy atom. The van der Waals surface area contributed by atoms with Crippen molar-refractivity contribution < 1.29 is 19.1 Å². The molecule has 0 bridgehead atoms. The van der Waals surface area contributed by atoms with E-state index in [0.29, 0.717) is 26.1 Å². The highest BCUT2D eigenvalue weighted by molar-refractivity contribution is 5.85. The quantitative estimate of drug-likeness (QED) is 0.746. The highest BCUT2D eigenvalue weighted by atomic mass is 16.5. The van der Waals surface area contributed by atoms with Crippen molar-refractivity contribution >= 4 is 17.7 Å². The Balaban J connectivity index is 1.56. The van der Waals surface area contributed by atoms with Gasteiger partial charge in [0, 0.05) is 26.1 Å². The number of piperidine rings is 1. The predicted octanol–water partition coefficient (Wildman–Crippen LogP) is -0.495. The van der Waals surface area contributed by atoms with Gasteiger partial charge in [-0.05, 0) is 19.3 Å². The van der Waals surface area contributed by atoms with Gasteiger partial charge in [-0.2, -0.15) is 0 Å². The van der Waals surface area contributed by atoms with Crippen molar-refractivity contribution in [3.8, 4) is 0 Å². The van der Waals surface area contributed by atoms with E-state index in [0.717, 1.165) is 25.7 Å². The molecule has 1 N–H and O–H groups in total. The third-order valence-electron chi connectivity index (χ3n) is 4.67. The van der Waals surface area contributed by atoms with E-state index < -0.39 is 0 Å². The molecule has 0 aromatic rings. The Labute approximate surface area is 129 Å². The number of hydrogen-bond donors (Lipinski definition) is 1. The summed E-state index contributed by atoms with van der Waals surface area (Å²) in [5, 5.41) is 2.89. The Hall–Kier alpha value is -1.63. The molecule has 3 aliphatic heterocycles. The lowest BCUT2D eigenvalue weighted by atomic mass is 10.0. The minimum absolute atomic E-state index is 0.00145. The Kier molecular flexibility index (Phi) is 4.61. The maximum atomic E-state index is 12.5. The third kappa shape index (κ3) is 3.40. The van der Waals surface area contributed by atoms with Crippen LogP contribution in [-0.4, -0.2) is 72.5 Å². The lowest BCUT2D eigenvalue weighted by Gasteiger charge is -2.41. The summed E-state index contributed by atoms with van der Waals surface area (Å²) in [4.78, 5) is 39.3. The Morgan fingerprint density at radius 1 is 1.23 bits per heavy atom. The van der Waals surface area contributed by atoms with E-state index in [1.54, 1.807) is 9.80 Å². The lowest BCUT2D eigenvalue weighted by molar-refractivity contribution is -0.148. The zero-order chi connectivity index (χ0) is 15.5. The number of amides is 3. The second kappa shape index (κ2) is 6.64. The van der Waals surface area contributed by atoms with Gasteiger partial charge in [0.05, 0.1) is 18.7 Å². The van der Waals surface area contributed by atoms with Gasteiger partial charge in [0.2, 0.25) is 17.7 Å². The molecule has 3 saturated heterocycles. The van der Waals surface area contributed by atoms with Crippen LogP contribution in [0.3, 0.4) is 0 Å². The van der Waals surface area contributed by atoms with Gasteiger partial charge in [0.25, 0.3) is 0 Å². The van der Waals surface area contributed by atoms with Crippen LogP contribution < -0.4 is 5.32 Å². The van der Waals surface area contributed by atoms with Crippen LogP contribution in [-0.2, 0) is 19.1 Å². The number of ether oxygens (including phenoxy) is 1. The molecule has 0 radical (unpaired) electrons. The molecule has 122 valence electrons. The van der Waals surface area contributed by atoms with Gasteiger partial charge in [-0.3, -0.25) is 14.4 Å². The van der Waals surface area contributed by atoms with Gasteiger partial charge in [-0.15, -0.1) is 0 Å². The van der Waals surface area contributed by atoms with E-state index in [1.807, 2.05) is 0 Å².